The molecule has 0 heterocycles. The fourth-order valence-corrected chi connectivity index (χ4v) is 7.42. The molecule has 0 atom stereocenters. The molecule has 0 rings (SSSR count). The number of unbranched alkanes of at least 4 members (excludes halogenated alkanes) is 17. The molecule has 0 saturated heterocycles. The van der Waals surface area contributed by atoms with Gasteiger partial charge in [0.1, 0.15) is 0 Å². The Labute approximate surface area is 334 Å². The van der Waals surface area contributed by atoms with Gasteiger partial charge in [-0.05, 0) is 57.3 Å². The van der Waals surface area contributed by atoms with Gasteiger partial charge in [0.25, 0.3) is 17.9 Å². The van der Waals surface area contributed by atoms with Crippen LogP contribution in [0.2, 0.25) is 0 Å². The van der Waals surface area contributed by atoms with E-state index in [4.69, 9.17) is 34.4 Å². The zero-order chi connectivity index (χ0) is 41.9. The van der Waals surface area contributed by atoms with Crippen LogP contribution in [0.5, 0.6) is 0 Å². The van der Waals surface area contributed by atoms with Crippen molar-refractivity contribution in [2.24, 2.45) is 10.8 Å². The van der Waals surface area contributed by atoms with Crippen LogP contribution in [0.1, 0.15) is 255 Å². The fraction of sp³-hybridized carbons (Fsp3) is 0.913. The highest BCUT2D eigenvalue weighted by Gasteiger charge is 2.38. The van der Waals surface area contributed by atoms with Crippen LogP contribution in [0.25, 0.3) is 0 Å². The van der Waals surface area contributed by atoms with Crippen LogP contribution >= 0.6 is 0 Å². The first-order chi connectivity index (χ1) is 25.7. The molecular formula is C46H92O8. The molecule has 0 amide bonds. The van der Waals surface area contributed by atoms with Crippen molar-refractivity contribution in [2.45, 2.75) is 255 Å². The summed E-state index contributed by atoms with van der Waals surface area (Å²) in [5, 5.41) is 22.2. The number of carboxylic acids is 3. The number of aliphatic carboxylic acids is 3. The standard InChI is InChI=1S/C40H80O2.3C2H4O2/c1-7-13-18-24-31-39(32-25-19-14-8-2,33-26-20-15-9-3)34-27-23-30-37-40(38(41)42-12-6,35-28-21-16-10-4)36-29-22-17-11-5;3*1-2(3)4/h7-37H2,1-6H3;3*1H3,(H,3,4). The Hall–Kier alpha value is -2.12. The van der Waals surface area contributed by atoms with Gasteiger partial charge in [-0.2, -0.15) is 0 Å². The maximum Gasteiger partial charge on any atom is 0.312 e. The van der Waals surface area contributed by atoms with Crippen molar-refractivity contribution in [3.63, 3.8) is 0 Å². The summed E-state index contributed by atoms with van der Waals surface area (Å²) in [6, 6.07) is 0. The second-order valence-corrected chi connectivity index (χ2v) is 15.7. The van der Waals surface area contributed by atoms with Gasteiger partial charge in [-0.25, -0.2) is 0 Å². The minimum atomic E-state index is -0.833. The van der Waals surface area contributed by atoms with E-state index in [2.05, 4.69) is 34.6 Å². The third-order valence-corrected chi connectivity index (χ3v) is 10.3. The maximum absolute atomic E-state index is 13.5. The topological polar surface area (TPSA) is 138 Å². The lowest BCUT2D eigenvalue weighted by atomic mass is 9.70. The molecule has 3 N–H and O–H groups in total. The predicted octanol–water partition coefficient (Wildman–Crippen LogP) is 14.6. The number of rotatable bonds is 33. The normalized spacial score (nSPS) is 10.9. The van der Waals surface area contributed by atoms with Crippen molar-refractivity contribution in [1.29, 1.82) is 0 Å². The number of ether oxygens (including phenoxy) is 1. The largest absolute Gasteiger partial charge is 0.481 e. The van der Waals surface area contributed by atoms with E-state index in [1.54, 1.807) is 0 Å². The molecular weight excluding hydrogens is 680 g/mol. The summed E-state index contributed by atoms with van der Waals surface area (Å²) in [5.41, 5.74) is 0.322. The van der Waals surface area contributed by atoms with E-state index in [1.165, 1.54) is 173 Å². The molecule has 324 valence electrons. The minimum absolute atomic E-state index is 0.120. The third kappa shape index (κ3) is 44.3. The first kappa shape index (κ1) is 58.6. The SMILES string of the molecule is CC(=O)O.CC(=O)O.CC(=O)O.CCCCCCC(CCCCCC)(CCCCCC)CCCCCC(CCCCCC)(CCCCCC)C(=O)OCC. The van der Waals surface area contributed by atoms with Crippen LogP contribution in [-0.2, 0) is 23.9 Å². The van der Waals surface area contributed by atoms with E-state index in [1.807, 2.05) is 6.92 Å². The van der Waals surface area contributed by atoms with Crippen LogP contribution < -0.4 is 0 Å². The van der Waals surface area contributed by atoms with Crippen molar-refractivity contribution in [2.75, 3.05) is 6.61 Å². The molecule has 0 unspecified atom stereocenters. The summed E-state index contributed by atoms with van der Waals surface area (Å²) >= 11 is 0. The van der Waals surface area contributed by atoms with Gasteiger partial charge >= 0.3 is 5.97 Å². The first-order valence-electron chi connectivity index (χ1n) is 22.4. The molecule has 0 radical (unpaired) electrons. The Bertz CT molecular complexity index is 757. The average Bonchev–Trinajstić information content (AvgIpc) is 3.09. The molecule has 0 saturated carbocycles. The van der Waals surface area contributed by atoms with E-state index in [0.717, 1.165) is 40.0 Å². The molecule has 8 heteroatoms. The lowest BCUT2D eigenvalue weighted by Gasteiger charge is -2.35. The second-order valence-electron chi connectivity index (χ2n) is 15.7. The number of hydrogen-bond acceptors (Lipinski definition) is 5. The number of hydrogen-bond donors (Lipinski definition) is 3. The monoisotopic (exact) mass is 773 g/mol. The van der Waals surface area contributed by atoms with Gasteiger partial charge in [-0.15, -0.1) is 0 Å². The predicted molar refractivity (Wildman–Crippen MR) is 228 cm³/mol. The number of carboxylic acid groups (broad SMARTS) is 3. The quantitative estimate of drug-likeness (QED) is 0.0443. The lowest BCUT2D eigenvalue weighted by Crippen LogP contribution is -2.33. The molecule has 8 nitrogen and oxygen atoms in total. The van der Waals surface area contributed by atoms with E-state index in [0.29, 0.717) is 12.0 Å². The Morgan fingerprint density at radius 3 is 0.778 bits per heavy atom. The molecule has 0 aromatic heterocycles. The van der Waals surface area contributed by atoms with Crippen molar-refractivity contribution < 1.29 is 39.2 Å². The highest BCUT2D eigenvalue weighted by Crippen LogP contribution is 2.43. The van der Waals surface area contributed by atoms with Crippen molar-refractivity contribution in [3.05, 3.63) is 0 Å². The van der Waals surface area contributed by atoms with Crippen LogP contribution in [0.4, 0.5) is 0 Å². The Kier molecular flexibility index (Phi) is 47.3. The number of carbonyl (C=O) groups excluding carboxylic acids is 1. The minimum Gasteiger partial charge on any atom is -0.481 e. The molecule has 0 aliphatic rings. The van der Waals surface area contributed by atoms with E-state index >= 15 is 0 Å². The molecule has 0 spiro atoms. The molecule has 0 aliphatic heterocycles. The number of carbonyl (C=O) groups is 4. The number of esters is 1. The summed E-state index contributed by atoms with van der Waals surface area (Å²) in [6.07, 6.45) is 39.4. The second kappa shape index (κ2) is 43.6. The smallest absolute Gasteiger partial charge is 0.312 e. The first-order valence-corrected chi connectivity index (χ1v) is 22.4. The average molecular weight is 773 g/mol. The maximum atomic E-state index is 13.5. The fourth-order valence-electron chi connectivity index (χ4n) is 7.42. The lowest BCUT2D eigenvalue weighted by molar-refractivity contribution is -0.157. The van der Waals surface area contributed by atoms with Crippen LogP contribution in [0.15, 0.2) is 0 Å². The van der Waals surface area contributed by atoms with Crippen molar-refractivity contribution in [3.8, 4) is 0 Å². The van der Waals surface area contributed by atoms with E-state index in [-0.39, 0.29) is 11.4 Å². The van der Waals surface area contributed by atoms with Gasteiger partial charge in [0.15, 0.2) is 0 Å². The van der Waals surface area contributed by atoms with Gasteiger partial charge in [0.05, 0.1) is 12.0 Å². The van der Waals surface area contributed by atoms with Crippen molar-refractivity contribution in [1.82, 2.24) is 0 Å². The molecule has 0 bridgehead atoms. The summed E-state index contributed by atoms with van der Waals surface area (Å²) in [6.45, 7) is 17.3. The van der Waals surface area contributed by atoms with E-state index in [9.17, 15) is 4.79 Å². The van der Waals surface area contributed by atoms with Gasteiger partial charge in [0, 0.05) is 20.8 Å². The summed E-state index contributed by atoms with van der Waals surface area (Å²) in [7, 11) is 0. The summed E-state index contributed by atoms with van der Waals surface area (Å²) in [5.74, 6) is -2.38. The summed E-state index contributed by atoms with van der Waals surface area (Å²) in [4.78, 5) is 40.5. The highest BCUT2D eigenvalue weighted by molar-refractivity contribution is 5.76. The van der Waals surface area contributed by atoms with Gasteiger partial charge in [-0.1, -0.05) is 182 Å². The molecule has 0 aliphatic carbocycles. The van der Waals surface area contributed by atoms with Crippen LogP contribution in [0.3, 0.4) is 0 Å². The Morgan fingerprint density at radius 1 is 0.370 bits per heavy atom. The summed E-state index contributed by atoms with van der Waals surface area (Å²) < 4.78 is 5.79. The highest BCUT2D eigenvalue weighted by atomic mass is 16.5. The molecule has 0 aromatic carbocycles. The van der Waals surface area contributed by atoms with Crippen LogP contribution in [0, 0.1) is 10.8 Å². The van der Waals surface area contributed by atoms with E-state index < -0.39 is 17.9 Å². The van der Waals surface area contributed by atoms with Crippen LogP contribution in [-0.4, -0.2) is 45.8 Å². The molecule has 54 heavy (non-hydrogen) atoms. The molecule has 0 fully saturated rings. The van der Waals surface area contributed by atoms with Gasteiger partial charge in [0.2, 0.25) is 0 Å². The zero-order valence-corrected chi connectivity index (χ0v) is 37.3. The zero-order valence-electron chi connectivity index (χ0n) is 37.3. The van der Waals surface area contributed by atoms with Gasteiger partial charge < -0.3 is 20.1 Å². The third-order valence-electron chi connectivity index (χ3n) is 10.3. The Balaban J connectivity index is -0.000000899. The Morgan fingerprint density at radius 2 is 0.574 bits per heavy atom. The van der Waals surface area contributed by atoms with Crippen molar-refractivity contribution >= 4 is 23.9 Å². The molecule has 0 aromatic rings. The van der Waals surface area contributed by atoms with Gasteiger partial charge in [-0.3, -0.25) is 19.2 Å².